The molecule has 2 rings (SSSR count). The molecule has 0 aliphatic rings. The van der Waals surface area contributed by atoms with Crippen LogP contribution in [-0.2, 0) is 11.2 Å². The number of carbonyl (C=O) groups excluding carboxylic acids is 2. The van der Waals surface area contributed by atoms with E-state index < -0.39 is 0 Å². The van der Waals surface area contributed by atoms with Crippen LogP contribution in [0, 0.1) is 0 Å². The lowest BCUT2D eigenvalue weighted by atomic mass is 10.1. The molecule has 0 radical (unpaired) electrons. The lowest BCUT2D eigenvalue weighted by Crippen LogP contribution is -2.34. The summed E-state index contributed by atoms with van der Waals surface area (Å²) in [6.45, 7) is 0.613. The van der Waals surface area contributed by atoms with Crippen LogP contribution < -0.4 is 20.1 Å². The number of aryl methyl sites for hydroxylation is 1. The number of rotatable bonds is 9. The summed E-state index contributed by atoms with van der Waals surface area (Å²) < 4.78 is 10.4. The Bertz CT molecular complexity index is 843. The van der Waals surface area contributed by atoms with Crippen molar-refractivity contribution < 1.29 is 19.1 Å². The van der Waals surface area contributed by atoms with Crippen molar-refractivity contribution in [3.8, 4) is 11.5 Å². The highest BCUT2D eigenvalue weighted by molar-refractivity contribution is 6.36. The minimum absolute atomic E-state index is 0.103. The Balaban J connectivity index is 1.72. The van der Waals surface area contributed by atoms with Crippen LogP contribution in [0.3, 0.4) is 0 Å². The lowest BCUT2D eigenvalue weighted by Gasteiger charge is -2.10. The summed E-state index contributed by atoms with van der Waals surface area (Å²) in [4.78, 5) is 24.1. The first-order valence-electron chi connectivity index (χ1n) is 8.65. The fourth-order valence-electron chi connectivity index (χ4n) is 2.53. The fraction of sp³-hybridized carbons (Fsp3) is 0.300. The van der Waals surface area contributed by atoms with Crippen LogP contribution >= 0.6 is 23.2 Å². The Morgan fingerprint density at radius 2 is 1.64 bits per heavy atom. The van der Waals surface area contributed by atoms with Crippen molar-refractivity contribution in [1.82, 2.24) is 10.6 Å². The maximum Gasteiger partial charge on any atom is 0.252 e. The van der Waals surface area contributed by atoms with Gasteiger partial charge in [-0.05, 0) is 42.3 Å². The average molecular weight is 425 g/mol. The second-order valence-corrected chi connectivity index (χ2v) is 6.76. The van der Waals surface area contributed by atoms with Gasteiger partial charge in [0, 0.05) is 24.5 Å². The Hall–Kier alpha value is -2.44. The van der Waals surface area contributed by atoms with Crippen LogP contribution in [0.15, 0.2) is 36.4 Å². The van der Waals surface area contributed by atoms with Crippen molar-refractivity contribution in [2.75, 3.05) is 27.3 Å². The molecule has 0 unspecified atom stereocenters. The summed E-state index contributed by atoms with van der Waals surface area (Å²) in [5.74, 6) is 0.853. The number of benzene rings is 2. The Morgan fingerprint density at radius 1 is 0.929 bits per heavy atom. The summed E-state index contributed by atoms with van der Waals surface area (Å²) in [5.41, 5.74) is 1.31. The third kappa shape index (κ3) is 6.32. The van der Waals surface area contributed by atoms with E-state index in [9.17, 15) is 9.59 Å². The van der Waals surface area contributed by atoms with E-state index in [1.54, 1.807) is 26.4 Å². The van der Waals surface area contributed by atoms with E-state index >= 15 is 0 Å². The normalized spacial score (nSPS) is 10.3. The number of halogens is 2. The van der Waals surface area contributed by atoms with Crippen molar-refractivity contribution in [3.63, 3.8) is 0 Å². The molecule has 0 heterocycles. The molecule has 6 nitrogen and oxygen atoms in total. The standard InChI is InChI=1S/C20H22Cl2N2O4/c1-27-17-7-3-13(11-18(17)28-2)4-8-19(25)23-9-10-24-20(26)15-6-5-14(21)12-16(15)22/h3,5-7,11-12H,4,8-10H2,1-2H3,(H,23,25)(H,24,26). The topological polar surface area (TPSA) is 76.7 Å². The maximum absolute atomic E-state index is 12.1. The first-order valence-corrected chi connectivity index (χ1v) is 9.41. The maximum atomic E-state index is 12.1. The molecule has 0 aromatic heterocycles. The average Bonchev–Trinajstić information content (AvgIpc) is 2.69. The van der Waals surface area contributed by atoms with Gasteiger partial charge in [-0.15, -0.1) is 0 Å². The smallest absolute Gasteiger partial charge is 0.252 e. The van der Waals surface area contributed by atoms with Crippen LogP contribution in [0.2, 0.25) is 10.0 Å². The number of amides is 2. The third-order valence-corrected chi connectivity index (χ3v) is 4.54. The first-order chi connectivity index (χ1) is 13.4. The molecule has 2 amide bonds. The van der Waals surface area contributed by atoms with E-state index in [1.165, 1.54) is 6.07 Å². The molecule has 2 aromatic carbocycles. The van der Waals surface area contributed by atoms with Crippen molar-refractivity contribution in [2.24, 2.45) is 0 Å². The van der Waals surface area contributed by atoms with Crippen molar-refractivity contribution >= 4 is 35.0 Å². The molecule has 0 bridgehead atoms. The number of carbonyl (C=O) groups is 2. The number of ether oxygens (including phenoxy) is 2. The zero-order chi connectivity index (χ0) is 20.5. The van der Waals surface area contributed by atoms with E-state index in [2.05, 4.69) is 10.6 Å². The number of hydrogen-bond donors (Lipinski definition) is 2. The van der Waals surface area contributed by atoms with Crippen LogP contribution in [0.4, 0.5) is 0 Å². The van der Waals surface area contributed by atoms with Crippen LogP contribution in [-0.4, -0.2) is 39.1 Å². The molecule has 0 fully saturated rings. The highest BCUT2D eigenvalue weighted by atomic mass is 35.5. The Morgan fingerprint density at radius 3 is 2.32 bits per heavy atom. The van der Waals surface area contributed by atoms with Gasteiger partial charge in [-0.1, -0.05) is 29.3 Å². The molecule has 0 saturated heterocycles. The molecule has 2 aromatic rings. The Labute approximate surface area is 174 Å². The van der Waals surface area contributed by atoms with Crippen molar-refractivity contribution in [3.05, 3.63) is 57.6 Å². The van der Waals surface area contributed by atoms with E-state index in [4.69, 9.17) is 32.7 Å². The minimum atomic E-state index is -0.318. The van der Waals surface area contributed by atoms with Gasteiger partial charge in [-0.3, -0.25) is 9.59 Å². The number of nitrogens with one attached hydrogen (secondary N) is 2. The minimum Gasteiger partial charge on any atom is -0.493 e. The summed E-state index contributed by atoms with van der Waals surface area (Å²) in [5, 5.41) is 6.22. The van der Waals surface area contributed by atoms with Gasteiger partial charge in [-0.25, -0.2) is 0 Å². The van der Waals surface area contributed by atoms with Crippen molar-refractivity contribution in [1.29, 1.82) is 0 Å². The lowest BCUT2D eigenvalue weighted by molar-refractivity contribution is -0.121. The number of hydrogen-bond acceptors (Lipinski definition) is 4. The second kappa shape index (κ2) is 10.8. The van der Waals surface area contributed by atoms with Gasteiger partial charge < -0.3 is 20.1 Å². The van der Waals surface area contributed by atoms with E-state index in [0.717, 1.165) is 5.56 Å². The van der Waals surface area contributed by atoms with Crippen LogP contribution in [0.25, 0.3) is 0 Å². The molecule has 8 heteroatoms. The summed E-state index contributed by atoms with van der Waals surface area (Å²) in [6.07, 6.45) is 0.894. The van der Waals surface area contributed by atoms with Crippen LogP contribution in [0.1, 0.15) is 22.3 Å². The molecular formula is C20H22Cl2N2O4. The molecule has 0 aliphatic carbocycles. The van der Waals surface area contributed by atoms with Gasteiger partial charge in [0.25, 0.3) is 5.91 Å². The predicted molar refractivity (Wildman–Crippen MR) is 110 cm³/mol. The van der Waals surface area contributed by atoms with Gasteiger partial charge >= 0.3 is 0 Å². The second-order valence-electron chi connectivity index (χ2n) is 5.92. The monoisotopic (exact) mass is 424 g/mol. The molecule has 0 spiro atoms. The zero-order valence-electron chi connectivity index (χ0n) is 15.7. The first kappa shape index (κ1) is 21.9. The van der Waals surface area contributed by atoms with Gasteiger partial charge in [0.1, 0.15) is 0 Å². The molecular weight excluding hydrogens is 403 g/mol. The van der Waals surface area contributed by atoms with E-state index in [-0.39, 0.29) is 16.8 Å². The summed E-state index contributed by atoms with van der Waals surface area (Å²) >= 11 is 11.8. The molecule has 28 heavy (non-hydrogen) atoms. The molecule has 0 aliphatic heterocycles. The zero-order valence-corrected chi connectivity index (χ0v) is 17.2. The SMILES string of the molecule is COc1ccc(CCC(=O)NCCNC(=O)c2ccc(Cl)cc2Cl)cc1OC. The number of methoxy groups -OCH3 is 2. The molecule has 2 N–H and O–H groups in total. The third-order valence-electron chi connectivity index (χ3n) is 4.00. The molecule has 0 saturated carbocycles. The largest absolute Gasteiger partial charge is 0.493 e. The summed E-state index contributed by atoms with van der Waals surface area (Å²) in [7, 11) is 3.14. The predicted octanol–water partition coefficient (Wildman–Crippen LogP) is 3.49. The summed E-state index contributed by atoms with van der Waals surface area (Å²) in [6, 6.07) is 10.2. The Kier molecular flexibility index (Phi) is 8.42. The van der Waals surface area contributed by atoms with E-state index in [1.807, 2.05) is 18.2 Å². The van der Waals surface area contributed by atoms with Crippen molar-refractivity contribution in [2.45, 2.75) is 12.8 Å². The fourth-order valence-corrected chi connectivity index (χ4v) is 3.02. The quantitative estimate of drug-likeness (QED) is 0.604. The van der Waals surface area contributed by atoms with Gasteiger partial charge in [0.15, 0.2) is 11.5 Å². The van der Waals surface area contributed by atoms with Crippen LogP contribution in [0.5, 0.6) is 11.5 Å². The molecule has 150 valence electrons. The van der Waals surface area contributed by atoms with Gasteiger partial charge in [0.05, 0.1) is 24.8 Å². The molecule has 0 atom stereocenters. The van der Waals surface area contributed by atoms with Gasteiger partial charge in [0.2, 0.25) is 5.91 Å². The van der Waals surface area contributed by atoms with Gasteiger partial charge in [-0.2, -0.15) is 0 Å². The van der Waals surface area contributed by atoms with E-state index in [0.29, 0.717) is 48.0 Å². The highest BCUT2D eigenvalue weighted by Gasteiger charge is 2.10. The highest BCUT2D eigenvalue weighted by Crippen LogP contribution is 2.27.